The van der Waals surface area contributed by atoms with Crippen LogP contribution in [0.3, 0.4) is 0 Å². The second-order valence-corrected chi connectivity index (χ2v) is 5.28. The lowest BCUT2D eigenvalue weighted by molar-refractivity contribution is -0.137. The maximum Gasteiger partial charge on any atom is 0.416 e. The Kier molecular flexibility index (Phi) is 5.38. The molecule has 0 saturated heterocycles. The van der Waals surface area contributed by atoms with Gasteiger partial charge in [0.1, 0.15) is 5.82 Å². The van der Waals surface area contributed by atoms with Crippen molar-refractivity contribution in [3.8, 4) is 0 Å². The van der Waals surface area contributed by atoms with E-state index in [1.165, 1.54) is 25.2 Å². The van der Waals surface area contributed by atoms with E-state index in [9.17, 15) is 18.0 Å². The molecule has 0 aliphatic carbocycles. The summed E-state index contributed by atoms with van der Waals surface area (Å²) in [4.78, 5) is 11.4. The monoisotopic (exact) mass is 338 g/mol. The largest absolute Gasteiger partial charge is 0.416 e. The van der Waals surface area contributed by atoms with Crippen LogP contribution < -0.4 is 10.6 Å². The third kappa shape index (κ3) is 4.43. The highest BCUT2D eigenvalue weighted by molar-refractivity contribution is 5.91. The predicted molar refractivity (Wildman–Crippen MR) is 83.8 cm³/mol. The highest BCUT2D eigenvalue weighted by atomic mass is 19.4. The molecule has 0 saturated carbocycles. The molecule has 1 heterocycles. The number of benzene rings is 1. The summed E-state index contributed by atoms with van der Waals surface area (Å²) >= 11 is 0. The molecule has 1 amide bonds. The van der Waals surface area contributed by atoms with Crippen LogP contribution in [0, 0.1) is 0 Å². The number of hydrogen-bond acceptors (Lipinski definition) is 4. The summed E-state index contributed by atoms with van der Waals surface area (Å²) in [6, 6.07) is 8.24. The zero-order valence-electron chi connectivity index (χ0n) is 13.2. The van der Waals surface area contributed by atoms with Crippen molar-refractivity contribution < 1.29 is 18.0 Å². The average molecular weight is 338 g/mol. The van der Waals surface area contributed by atoms with Gasteiger partial charge >= 0.3 is 6.18 Å². The van der Waals surface area contributed by atoms with E-state index in [1.807, 2.05) is 6.92 Å². The Morgan fingerprint density at radius 3 is 2.29 bits per heavy atom. The molecule has 1 atom stereocenters. The van der Waals surface area contributed by atoms with Gasteiger partial charge in [-0.3, -0.25) is 4.79 Å². The molecule has 1 unspecified atom stereocenters. The molecule has 0 fully saturated rings. The van der Waals surface area contributed by atoms with E-state index < -0.39 is 11.7 Å². The molecule has 8 heteroatoms. The summed E-state index contributed by atoms with van der Waals surface area (Å²) in [5.41, 5.74) is 0.325. The summed E-state index contributed by atoms with van der Waals surface area (Å²) in [5.74, 6) is 0.140. The van der Waals surface area contributed by atoms with E-state index in [0.717, 1.165) is 17.7 Å². The number of rotatable bonds is 5. The number of carbonyl (C=O) groups excluding carboxylic acids is 1. The molecular formula is C16H17F3N4O. The second kappa shape index (κ2) is 7.29. The number of nitrogens with zero attached hydrogens (tertiary/aromatic N) is 2. The normalized spacial score (nSPS) is 12.5. The second-order valence-electron chi connectivity index (χ2n) is 5.28. The van der Waals surface area contributed by atoms with Crippen molar-refractivity contribution in [2.24, 2.45) is 0 Å². The number of halogens is 3. The molecule has 0 radical (unpaired) electrons. The summed E-state index contributed by atoms with van der Waals surface area (Å²) in [6.07, 6.45) is -4.33. The van der Waals surface area contributed by atoms with Crippen molar-refractivity contribution in [3.05, 3.63) is 53.2 Å². The standard InChI is InChI=1S/C16H17F3N4O/c1-10(11-3-5-12(6-4-11)16(17,18)19)9-21-14-8-7-13(22-23-14)15(24)20-2/h3-8,10H,9H2,1-2H3,(H,20,24)(H,21,23). The fourth-order valence-corrected chi connectivity index (χ4v) is 2.05. The molecule has 5 nitrogen and oxygen atoms in total. The lowest BCUT2D eigenvalue weighted by Gasteiger charge is -2.14. The van der Waals surface area contributed by atoms with E-state index in [4.69, 9.17) is 0 Å². The summed E-state index contributed by atoms with van der Waals surface area (Å²) in [5, 5.41) is 13.2. The van der Waals surface area contributed by atoms with E-state index in [1.54, 1.807) is 6.07 Å². The first-order valence-electron chi connectivity index (χ1n) is 7.28. The van der Waals surface area contributed by atoms with E-state index in [0.29, 0.717) is 12.4 Å². The molecule has 1 aromatic carbocycles. The quantitative estimate of drug-likeness (QED) is 0.879. The van der Waals surface area contributed by atoms with Crippen molar-refractivity contribution >= 4 is 11.7 Å². The molecule has 0 bridgehead atoms. The molecule has 0 spiro atoms. The number of hydrogen-bond donors (Lipinski definition) is 2. The fourth-order valence-electron chi connectivity index (χ4n) is 2.05. The van der Waals surface area contributed by atoms with Gasteiger partial charge in [-0.1, -0.05) is 19.1 Å². The molecule has 24 heavy (non-hydrogen) atoms. The van der Waals surface area contributed by atoms with Gasteiger partial charge in [0.15, 0.2) is 5.69 Å². The first kappa shape index (κ1) is 17.7. The van der Waals surface area contributed by atoms with Crippen LogP contribution in [-0.2, 0) is 6.18 Å². The number of amides is 1. The number of anilines is 1. The van der Waals surface area contributed by atoms with E-state index in [-0.39, 0.29) is 17.5 Å². The van der Waals surface area contributed by atoms with Gasteiger partial charge < -0.3 is 10.6 Å². The number of carbonyl (C=O) groups is 1. The van der Waals surface area contributed by atoms with Crippen LogP contribution in [0.5, 0.6) is 0 Å². The van der Waals surface area contributed by atoms with Gasteiger partial charge in [0.05, 0.1) is 5.56 Å². The van der Waals surface area contributed by atoms with Crippen LogP contribution in [0.4, 0.5) is 19.0 Å². The first-order valence-corrected chi connectivity index (χ1v) is 7.28. The van der Waals surface area contributed by atoms with Crippen LogP contribution >= 0.6 is 0 Å². The Morgan fingerprint density at radius 2 is 1.79 bits per heavy atom. The minimum atomic E-state index is -4.33. The Bertz CT molecular complexity index is 684. The zero-order chi connectivity index (χ0) is 17.7. The van der Waals surface area contributed by atoms with Crippen LogP contribution in [0.1, 0.15) is 34.5 Å². The lowest BCUT2D eigenvalue weighted by Crippen LogP contribution is -2.20. The summed E-state index contributed by atoms with van der Waals surface area (Å²) < 4.78 is 37.6. The Hall–Kier alpha value is -2.64. The van der Waals surface area contributed by atoms with Gasteiger partial charge in [-0.25, -0.2) is 0 Å². The fraction of sp³-hybridized carbons (Fsp3) is 0.312. The third-order valence-corrected chi connectivity index (χ3v) is 3.52. The van der Waals surface area contributed by atoms with E-state index in [2.05, 4.69) is 20.8 Å². The van der Waals surface area contributed by atoms with E-state index >= 15 is 0 Å². The van der Waals surface area contributed by atoms with Gasteiger partial charge in [-0.2, -0.15) is 13.2 Å². The third-order valence-electron chi connectivity index (χ3n) is 3.52. The molecule has 0 aliphatic rings. The van der Waals surface area contributed by atoms with Gasteiger partial charge in [0.25, 0.3) is 5.91 Å². The maximum atomic E-state index is 12.5. The Labute approximate surface area is 137 Å². The van der Waals surface area contributed by atoms with Crippen LogP contribution in [0.15, 0.2) is 36.4 Å². The van der Waals surface area contributed by atoms with Crippen molar-refractivity contribution in [2.75, 3.05) is 18.9 Å². The average Bonchev–Trinajstić information content (AvgIpc) is 2.58. The van der Waals surface area contributed by atoms with Gasteiger partial charge in [-0.05, 0) is 35.7 Å². The molecule has 1 aromatic heterocycles. The van der Waals surface area contributed by atoms with Crippen molar-refractivity contribution in [2.45, 2.75) is 19.0 Å². The van der Waals surface area contributed by atoms with Gasteiger partial charge in [-0.15, -0.1) is 10.2 Å². The minimum Gasteiger partial charge on any atom is -0.368 e. The van der Waals surface area contributed by atoms with Crippen molar-refractivity contribution in [1.29, 1.82) is 0 Å². The topological polar surface area (TPSA) is 66.9 Å². The molecule has 0 aliphatic heterocycles. The first-order chi connectivity index (χ1) is 11.3. The molecule has 128 valence electrons. The summed E-state index contributed by atoms with van der Waals surface area (Å²) in [7, 11) is 1.50. The van der Waals surface area contributed by atoms with Crippen LogP contribution in [-0.4, -0.2) is 29.7 Å². The smallest absolute Gasteiger partial charge is 0.368 e. The minimum absolute atomic E-state index is 0.0206. The number of aromatic nitrogens is 2. The lowest BCUT2D eigenvalue weighted by atomic mass is 9.99. The molecule has 2 aromatic rings. The number of nitrogens with one attached hydrogen (secondary N) is 2. The maximum absolute atomic E-state index is 12.5. The molecular weight excluding hydrogens is 321 g/mol. The highest BCUT2D eigenvalue weighted by Crippen LogP contribution is 2.30. The molecule has 2 N–H and O–H groups in total. The number of alkyl halides is 3. The Morgan fingerprint density at radius 1 is 1.12 bits per heavy atom. The molecule has 2 rings (SSSR count). The van der Waals surface area contributed by atoms with Crippen LogP contribution in [0.2, 0.25) is 0 Å². The van der Waals surface area contributed by atoms with Crippen LogP contribution in [0.25, 0.3) is 0 Å². The van der Waals surface area contributed by atoms with Gasteiger partial charge in [0, 0.05) is 13.6 Å². The predicted octanol–water partition coefficient (Wildman–Crippen LogP) is 3.07. The highest BCUT2D eigenvalue weighted by Gasteiger charge is 2.30. The summed E-state index contributed by atoms with van der Waals surface area (Å²) in [6.45, 7) is 2.36. The SMILES string of the molecule is CNC(=O)c1ccc(NCC(C)c2ccc(C(F)(F)F)cc2)nn1. The Balaban J connectivity index is 1.95. The van der Waals surface area contributed by atoms with Gasteiger partial charge in [0.2, 0.25) is 0 Å². The van der Waals surface area contributed by atoms with Crippen molar-refractivity contribution in [1.82, 2.24) is 15.5 Å². The zero-order valence-corrected chi connectivity index (χ0v) is 13.2. The van der Waals surface area contributed by atoms with Crippen molar-refractivity contribution in [3.63, 3.8) is 0 Å².